The lowest BCUT2D eigenvalue weighted by molar-refractivity contribution is 0.0995. The molecule has 3 rings (SSSR count). The molecule has 94 valence electrons. The van der Waals surface area contributed by atoms with Crippen LogP contribution in [-0.2, 0) is 0 Å². The monoisotopic (exact) mass is 256 g/mol. The van der Waals surface area contributed by atoms with Crippen molar-refractivity contribution in [2.45, 2.75) is 0 Å². The predicted octanol–water partition coefficient (Wildman–Crippen LogP) is 1.63. The van der Waals surface area contributed by atoms with Crippen LogP contribution in [-0.4, -0.2) is 20.3 Å². The minimum Gasteiger partial charge on any atom is -0.364 e. The molecule has 0 spiro atoms. The second-order valence-corrected chi connectivity index (χ2v) is 3.97. The number of halogens is 1. The molecule has 5 nitrogen and oxygen atoms in total. The Hall–Kier alpha value is -2.76. The van der Waals surface area contributed by atoms with Gasteiger partial charge < -0.3 is 5.73 Å². The van der Waals surface area contributed by atoms with Crippen LogP contribution in [0.15, 0.2) is 42.7 Å². The minimum atomic E-state index is -0.639. The van der Waals surface area contributed by atoms with Gasteiger partial charge in [0.15, 0.2) is 0 Å². The van der Waals surface area contributed by atoms with E-state index in [1.807, 2.05) is 0 Å². The number of amides is 1. The van der Waals surface area contributed by atoms with Crippen molar-refractivity contribution in [3.05, 3.63) is 54.2 Å². The van der Waals surface area contributed by atoms with E-state index in [-0.39, 0.29) is 5.69 Å². The van der Waals surface area contributed by atoms with Crippen molar-refractivity contribution in [1.82, 2.24) is 14.4 Å². The molecule has 0 radical (unpaired) electrons. The highest BCUT2D eigenvalue weighted by Gasteiger charge is 2.18. The largest absolute Gasteiger partial charge is 0.364 e. The number of carbonyl (C=O) groups excluding carboxylic acids is 1. The molecular formula is C13H9FN4O. The lowest BCUT2D eigenvalue weighted by atomic mass is 10.1. The first-order chi connectivity index (χ1) is 9.16. The molecule has 2 N–H and O–H groups in total. The van der Waals surface area contributed by atoms with Crippen LogP contribution < -0.4 is 5.73 Å². The molecule has 6 heteroatoms. The molecule has 0 bridgehead atoms. The molecule has 2 aromatic heterocycles. The third-order valence-electron chi connectivity index (χ3n) is 2.74. The fourth-order valence-corrected chi connectivity index (χ4v) is 1.96. The molecule has 0 aliphatic carbocycles. The maximum absolute atomic E-state index is 13.3. The van der Waals surface area contributed by atoms with Crippen LogP contribution in [0, 0.1) is 5.82 Å². The molecule has 0 atom stereocenters. The van der Waals surface area contributed by atoms with Gasteiger partial charge in [-0.1, -0.05) is 12.1 Å². The molecule has 1 amide bonds. The van der Waals surface area contributed by atoms with Crippen LogP contribution in [0.2, 0.25) is 0 Å². The topological polar surface area (TPSA) is 73.3 Å². The van der Waals surface area contributed by atoms with E-state index in [1.54, 1.807) is 30.6 Å². The van der Waals surface area contributed by atoms with Crippen molar-refractivity contribution in [1.29, 1.82) is 0 Å². The average molecular weight is 256 g/mol. The Labute approximate surface area is 107 Å². The lowest BCUT2D eigenvalue weighted by Gasteiger charge is -2.00. The number of primary amides is 1. The Bertz CT molecular complexity index is 781. The summed E-state index contributed by atoms with van der Waals surface area (Å²) >= 11 is 0. The fraction of sp³-hybridized carbons (Fsp3) is 0. The van der Waals surface area contributed by atoms with Crippen molar-refractivity contribution < 1.29 is 9.18 Å². The summed E-state index contributed by atoms with van der Waals surface area (Å²) in [5.41, 5.74) is 6.38. The number of hydrogen-bond donors (Lipinski definition) is 1. The van der Waals surface area contributed by atoms with Gasteiger partial charge in [-0.2, -0.15) is 0 Å². The zero-order valence-corrected chi connectivity index (χ0v) is 9.75. The number of fused-ring (bicyclic) bond motifs is 1. The summed E-state index contributed by atoms with van der Waals surface area (Å²) in [4.78, 5) is 19.9. The van der Waals surface area contributed by atoms with Gasteiger partial charge in [-0.15, -0.1) is 0 Å². The SMILES string of the molecule is NC(=O)c1c(-c2cccc(F)c2)nc2ncccn12. The highest BCUT2D eigenvalue weighted by Crippen LogP contribution is 2.24. The first kappa shape index (κ1) is 11.3. The maximum Gasteiger partial charge on any atom is 0.268 e. The van der Waals surface area contributed by atoms with E-state index in [1.165, 1.54) is 16.5 Å². The Morgan fingerprint density at radius 2 is 2.16 bits per heavy atom. The number of aromatic nitrogens is 3. The molecule has 19 heavy (non-hydrogen) atoms. The van der Waals surface area contributed by atoms with Crippen molar-refractivity contribution in [3.63, 3.8) is 0 Å². The molecule has 1 aromatic carbocycles. The third-order valence-corrected chi connectivity index (χ3v) is 2.74. The summed E-state index contributed by atoms with van der Waals surface area (Å²) < 4.78 is 14.8. The third kappa shape index (κ3) is 1.83. The van der Waals surface area contributed by atoms with E-state index < -0.39 is 11.7 Å². The number of nitrogens with zero attached hydrogens (tertiary/aromatic N) is 3. The fourth-order valence-electron chi connectivity index (χ4n) is 1.96. The summed E-state index contributed by atoms with van der Waals surface area (Å²) in [5.74, 6) is -0.701. The van der Waals surface area contributed by atoms with Gasteiger partial charge in [-0.25, -0.2) is 14.4 Å². The molecule has 0 unspecified atom stereocenters. The van der Waals surface area contributed by atoms with Crippen LogP contribution in [0.1, 0.15) is 10.5 Å². The van der Waals surface area contributed by atoms with E-state index in [9.17, 15) is 9.18 Å². The molecule has 0 saturated carbocycles. The van der Waals surface area contributed by atoms with Gasteiger partial charge in [-0.3, -0.25) is 9.20 Å². The minimum absolute atomic E-state index is 0.189. The molecule has 0 saturated heterocycles. The van der Waals surface area contributed by atoms with E-state index in [0.717, 1.165) is 0 Å². The Morgan fingerprint density at radius 3 is 2.89 bits per heavy atom. The summed E-state index contributed by atoms with van der Waals surface area (Å²) in [6, 6.07) is 7.50. The molecular weight excluding hydrogens is 247 g/mol. The van der Waals surface area contributed by atoms with Gasteiger partial charge in [-0.05, 0) is 18.2 Å². The summed E-state index contributed by atoms with van der Waals surface area (Å²) in [5, 5.41) is 0. The summed E-state index contributed by atoms with van der Waals surface area (Å²) in [7, 11) is 0. The number of nitrogens with two attached hydrogens (primary N) is 1. The van der Waals surface area contributed by atoms with Gasteiger partial charge >= 0.3 is 0 Å². The van der Waals surface area contributed by atoms with Crippen molar-refractivity contribution in [2.75, 3.05) is 0 Å². The van der Waals surface area contributed by atoms with Gasteiger partial charge in [0.05, 0.1) is 0 Å². The van der Waals surface area contributed by atoms with Gasteiger partial charge in [0.25, 0.3) is 5.91 Å². The first-order valence-electron chi connectivity index (χ1n) is 5.55. The van der Waals surface area contributed by atoms with Gasteiger partial charge in [0.1, 0.15) is 17.2 Å². The Balaban J connectivity index is 2.34. The Kier molecular flexibility index (Phi) is 2.49. The lowest BCUT2D eigenvalue weighted by Crippen LogP contribution is -2.15. The standard InChI is InChI=1S/C13H9FN4O/c14-9-4-1-3-8(7-9)10-11(12(15)19)18-6-2-5-16-13(18)17-10/h1-7H,(H2,15,19). The second-order valence-electron chi connectivity index (χ2n) is 3.97. The van der Waals surface area contributed by atoms with Crippen molar-refractivity contribution >= 4 is 11.7 Å². The summed E-state index contributed by atoms with van der Waals surface area (Å²) in [6.07, 6.45) is 3.20. The van der Waals surface area contributed by atoms with Crippen molar-refractivity contribution in [2.24, 2.45) is 5.73 Å². The smallest absolute Gasteiger partial charge is 0.268 e. The molecule has 0 fully saturated rings. The maximum atomic E-state index is 13.3. The second kappa shape index (κ2) is 4.16. The summed E-state index contributed by atoms with van der Waals surface area (Å²) in [6.45, 7) is 0. The highest BCUT2D eigenvalue weighted by atomic mass is 19.1. The van der Waals surface area contributed by atoms with E-state index >= 15 is 0 Å². The van der Waals surface area contributed by atoms with Crippen LogP contribution >= 0.6 is 0 Å². The van der Waals surface area contributed by atoms with E-state index in [4.69, 9.17) is 5.73 Å². The molecule has 0 aliphatic heterocycles. The quantitative estimate of drug-likeness (QED) is 0.757. The molecule has 2 heterocycles. The zero-order valence-electron chi connectivity index (χ0n) is 9.75. The van der Waals surface area contributed by atoms with Crippen LogP contribution in [0.4, 0.5) is 4.39 Å². The van der Waals surface area contributed by atoms with Crippen molar-refractivity contribution in [3.8, 4) is 11.3 Å². The van der Waals surface area contributed by atoms with Crippen LogP contribution in [0.25, 0.3) is 17.0 Å². The highest BCUT2D eigenvalue weighted by molar-refractivity contribution is 5.98. The average Bonchev–Trinajstić information content (AvgIpc) is 2.78. The van der Waals surface area contributed by atoms with Gasteiger partial charge in [0, 0.05) is 18.0 Å². The first-order valence-corrected chi connectivity index (χ1v) is 5.55. The van der Waals surface area contributed by atoms with E-state index in [0.29, 0.717) is 17.0 Å². The van der Waals surface area contributed by atoms with Crippen LogP contribution in [0.3, 0.4) is 0 Å². The van der Waals surface area contributed by atoms with Gasteiger partial charge in [0.2, 0.25) is 5.78 Å². The zero-order chi connectivity index (χ0) is 13.4. The molecule has 3 aromatic rings. The number of imidazole rings is 1. The van der Waals surface area contributed by atoms with E-state index in [2.05, 4.69) is 9.97 Å². The van der Waals surface area contributed by atoms with Crippen LogP contribution in [0.5, 0.6) is 0 Å². The number of hydrogen-bond acceptors (Lipinski definition) is 3. The normalized spacial score (nSPS) is 10.8. The predicted molar refractivity (Wildman–Crippen MR) is 66.9 cm³/mol. The Morgan fingerprint density at radius 1 is 1.32 bits per heavy atom. The number of carbonyl (C=O) groups is 1. The molecule has 0 aliphatic rings. The number of rotatable bonds is 2. The number of benzene rings is 1.